The van der Waals surface area contributed by atoms with Crippen LogP contribution in [0.1, 0.15) is 55.2 Å². The molecule has 0 spiro atoms. The summed E-state index contributed by atoms with van der Waals surface area (Å²) in [4.78, 5) is 39.9. The molecule has 1 aliphatic rings. The van der Waals surface area contributed by atoms with E-state index in [0.717, 1.165) is 36.3 Å². The van der Waals surface area contributed by atoms with E-state index >= 15 is 0 Å². The molecule has 0 fully saturated rings. The molecule has 3 heterocycles. The molecule has 0 saturated heterocycles. The second kappa shape index (κ2) is 11.4. The molecular formula is C34H28N4O2. The van der Waals surface area contributed by atoms with Crippen molar-refractivity contribution < 1.29 is 9.59 Å². The van der Waals surface area contributed by atoms with Crippen LogP contribution in [-0.2, 0) is 19.3 Å². The Labute approximate surface area is 233 Å². The maximum atomic E-state index is 12.6. The van der Waals surface area contributed by atoms with Gasteiger partial charge in [-0.1, -0.05) is 60.7 Å². The molecule has 0 unspecified atom stereocenters. The molecule has 0 bridgehead atoms. The molecule has 2 aromatic heterocycles. The van der Waals surface area contributed by atoms with E-state index in [1.165, 1.54) is 27.2 Å². The van der Waals surface area contributed by atoms with Gasteiger partial charge >= 0.3 is 0 Å². The topological polar surface area (TPSA) is 76.1 Å². The van der Waals surface area contributed by atoms with E-state index in [1.807, 2.05) is 24.4 Å². The Hall–Kier alpha value is -4.97. The molecule has 5 aromatic rings. The lowest BCUT2D eigenvalue weighted by Crippen LogP contribution is -2.30. The van der Waals surface area contributed by atoms with E-state index in [-0.39, 0.29) is 11.8 Å². The zero-order valence-electron chi connectivity index (χ0n) is 22.0. The van der Waals surface area contributed by atoms with Crippen LogP contribution in [0, 0.1) is 0 Å². The van der Waals surface area contributed by atoms with Crippen molar-refractivity contribution in [2.24, 2.45) is 0 Å². The predicted molar refractivity (Wildman–Crippen MR) is 154 cm³/mol. The van der Waals surface area contributed by atoms with Gasteiger partial charge in [-0.2, -0.15) is 0 Å². The number of amides is 2. The van der Waals surface area contributed by atoms with Crippen molar-refractivity contribution >= 4 is 11.8 Å². The summed E-state index contributed by atoms with van der Waals surface area (Å²) < 4.78 is 0. The molecule has 1 aliphatic heterocycles. The maximum absolute atomic E-state index is 12.6. The van der Waals surface area contributed by atoms with Crippen LogP contribution in [0.5, 0.6) is 0 Å². The van der Waals surface area contributed by atoms with E-state index in [2.05, 4.69) is 58.5 Å². The van der Waals surface area contributed by atoms with Gasteiger partial charge in [-0.3, -0.25) is 19.5 Å². The average molecular weight is 525 g/mol. The highest BCUT2D eigenvalue weighted by Crippen LogP contribution is 2.23. The Morgan fingerprint density at radius 1 is 0.650 bits per heavy atom. The Balaban J connectivity index is 1.04. The fraction of sp³-hybridized carbons (Fsp3) is 0.147. The summed E-state index contributed by atoms with van der Waals surface area (Å²) in [6.07, 6.45) is 8.40. The minimum Gasteiger partial charge on any atom is -0.274 e. The fourth-order valence-corrected chi connectivity index (χ4v) is 5.13. The fourth-order valence-electron chi connectivity index (χ4n) is 5.13. The van der Waals surface area contributed by atoms with Crippen LogP contribution in [0.3, 0.4) is 0 Å². The van der Waals surface area contributed by atoms with E-state index in [1.54, 1.807) is 36.7 Å². The summed E-state index contributed by atoms with van der Waals surface area (Å²) in [5, 5.41) is 0. The largest absolute Gasteiger partial charge is 0.274 e. The van der Waals surface area contributed by atoms with Gasteiger partial charge in [0.05, 0.1) is 16.8 Å². The van der Waals surface area contributed by atoms with E-state index in [0.29, 0.717) is 24.1 Å². The molecular weight excluding hydrogens is 496 g/mol. The van der Waals surface area contributed by atoms with Crippen molar-refractivity contribution in [3.63, 3.8) is 0 Å². The second-order valence-electron chi connectivity index (χ2n) is 10.0. The molecule has 0 N–H and O–H groups in total. The third-order valence-corrected chi connectivity index (χ3v) is 7.17. The number of hydrogen-bond acceptors (Lipinski definition) is 5. The third-order valence-electron chi connectivity index (χ3n) is 7.17. The number of carbonyl (C=O) groups excluding carboxylic acids is 2. The van der Waals surface area contributed by atoms with Crippen molar-refractivity contribution in [2.75, 3.05) is 6.54 Å². The zero-order valence-corrected chi connectivity index (χ0v) is 22.0. The highest BCUT2D eigenvalue weighted by molar-refractivity contribution is 6.21. The van der Waals surface area contributed by atoms with Crippen LogP contribution < -0.4 is 0 Å². The number of carbonyl (C=O) groups is 2. The van der Waals surface area contributed by atoms with Crippen LogP contribution >= 0.6 is 0 Å². The SMILES string of the molecule is O=C1c2ccccc2C(=O)N1CCCc1ccc(Cc2cccc(Cc3nccc(-c4cccnc4)n3)c2)cc1. The molecule has 0 aliphatic carbocycles. The van der Waals surface area contributed by atoms with Gasteiger partial charge in [0.1, 0.15) is 5.82 Å². The molecule has 196 valence electrons. The number of nitrogens with zero attached hydrogens (tertiary/aromatic N) is 4. The van der Waals surface area contributed by atoms with Crippen LogP contribution in [0.25, 0.3) is 11.3 Å². The van der Waals surface area contributed by atoms with Crippen molar-refractivity contribution in [2.45, 2.75) is 25.7 Å². The molecule has 0 saturated carbocycles. The molecule has 6 heteroatoms. The Kier molecular flexibility index (Phi) is 7.22. The lowest BCUT2D eigenvalue weighted by atomic mass is 9.99. The first-order chi connectivity index (χ1) is 19.6. The Morgan fingerprint density at radius 2 is 1.38 bits per heavy atom. The average Bonchev–Trinajstić information content (AvgIpc) is 3.24. The van der Waals surface area contributed by atoms with E-state index < -0.39 is 0 Å². The van der Waals surface area contributed by atoms with Gasteiger partial charge in [-0.25, -0.2) is 9.97 Å². The van der Waals surface area contributed by atoms with Gasteiger partial charge in [-0.05, 0) is 71.8 Å². The van der Waals surface area contributed by atoms with Crippen molar-refractivity contribution in [1.82, 2.24) is 19.9 Å². The Bertz CT molecular complexity index is 1630. The number of rotatable bonds is 9. The number of hydrogen-bond donors (Lipinski definition) is 0. The standard InChI is InChI=1S/C34H28N4O2/c39-33-29-10-1-2-11-30(29)34(40)38(33)19-5-8-24-12-14-25(15-13-24)20-26-6-3-7-27(21-26)22-32-36-18-16-31(37-32)28-9-4-17-35-23-28/h1-4,6-7,9-18,21,23H,5,8,19-20,22H2. The minimum absolute atomic E-state index is 0.189. The summed E-state index contributed by atoms with van der Waals surface area (Å²) >= 11 is 0. The first-order valence-corrected chi connectivity index (χ1v) is 13.5. The number of aromatic nitrogens is 3. The summed E-state index contributed by atoms with van der Waals surface area (Å²) in [5.74, 6) is 0.404. The first kappa shape index (κ1) is 25.3. The van der Waals surface area contributed by atoms with Gasteiger partial charge in [0.2, 0.25) is 0 Å². The summed E-state index contributed by atoms with van der Waals surface area (Å²) in [6.45, 7) is 0.426. The van der Waals surface area contributed by atoms with E-state index in [9.17, 15) is 9.59 Å². The van der Waals surface area contributed by atoms with E-state index in [4.69, 9.17) is 4.98 Å². The smallest absolute Gasteiger partial charge is 0.261 e. The van der Waals surface area contributed by atoms with Crippen molar-refractivity contribution in [1.29, 1.82) is 0 Å². The molecule has 6 rings (SSSR count). The lowest BCUT2D eigenvalue weighted by molar-refractivity contribution is 0.0652. The molecule has 6 nitrogen and oxygen atoms in total. The number of pyridine rings is 1. The third kappa shape index (κ3) is 5.57. The van der Waals surface area contributed by atoms with Crippen molar-refractivity contribution in [3.8, 4) is 11.3 Å². The Morgan fingerprint density at radius 3 is 2.10 bits per heavy atom. The summed E-state index contributed by atoms with van der Waals surface area (Å²) in [5.41, 5.74) is 7.70. The number of fused-ring (bicyclic) bond motifs is 1. The van der Waals surface area contributed by atoms with Crippen LogP contribution in [0.15, 0.2) is 110 Å². The predicted octanol–water partition coefficient (Wildman–Crippen LogP) is 5.95. The quantitative estimate of drug-likeness (QED) is 0.223. The van der Waals surface area contributed by atoms with Crippen LogP contribution in [-0.4, -0.2) is 38.2 Å². The molecule has 0 atom stereocenters. The number of aryl methyl sites for hydroxylation is 1. The van der Waals surface area contributed by atoms with Gasteiger partial charge < -0.3 is 0 Å². The maximum Gasteiger partial charge on any atom is 0.261 e. The highest BCUT2D eigenvalue weighted by atomic mass is 16.2. The molecule has 0 radical (unpaired) electrons. The molecule has 2 amide bonds. The lowest BCUT2D eigenvalue weighted by Gasteiger charge is -2.13. The highest BCUT2D eigenvalue weighted by Gasteiger charge is 2.34. The first-order valence-electron chi connectivity index (χ1n) is 13.5. The summed E-state index contributed by atoms with van der Waals surface area (Å²) in [7, 11) is 0. The van der Waals surface area contributed by atoms with Gasteiger partial charge in [0.25, 0.3) is 11.8 Å². The monoisotopic (exact) mass is 524 g/mol. The number of benzene rings is 3. The minimum atomic E-state index is -0.189. The van der Waals surface area contributed by atoms with Gasteiger partial charge in [0, 0.05) is 37.1 Å². The summed E-state index contributed by atoms with van der Waals surface area (Å²) in [6, 6.07) is 30.0. The zero-order chi connectivity index (χ0) is 27.3. The van der Waals surface area contributed by atoms with Crippen LogP contribution in [0.2, 0.25) is 0 Å². The van der Waals surface area contributed by atoms with Crippen molar-refractivity contribution in [3.05, 3.63) is 149 Å². The normalized spacial score (nSPS) is 12.6. The van der Waals surface area contributed by atoms with Crippen LogP contribution in [0.4, 0.5) is 0 Å². The van der Waals surface area contributed by atoms with Gasteiger partial charge in [0.15, 0.2) is 0 Å². The van der Waals surface area contributed by atoms with Gasteiger partial charge in [-0.15, -0.1) is 0 Å². The molecule has 40 heavy (non-hydrogen) atoms. The second-order valence-corrected chi connectivity index (χ2v) is 10.0. The number of imide groups is 1. The molecule has 3 aromatic carbocycles.